The maximum atomic E-state index is 6.04. The summed E-state index contributed by atoms with van der Waals surface area (Å²) in [7, 11) is 2.06. The normalized spacial score (nSPS) is 12.3. The van der Waals surface area contributed by atoms with Gasteiger partial charge in [0.1, 0.15) is 0 Å². The van der Waals surface area contributed by atoms with Crippen LogP contribution < -0.4 is 9.64 Å². The van der Waals surface area contributed by atoms with Crippen LogP contribution in [0.1, 0.15) is 0 Å². The Kier molecular flexibility index (Phi) is 2.64. The van der Waals surface area contributed by atoms with Crippen LogP contribution in [0.4, 0.5) is 11.4 Å². The van der Waals surface area contributed by atoms with Gasteiger partial charge < -0.3 is 9.64 Å². The summed E-state index contributed by atoms with van der Waals surface area (Å²) in [5.74, 6) is 1.74. The van der Waals surface area contributed by atoms with Gasteiger partial charge in [-0.1, -0.05) is 30.3 Å². The molecule has 0 fully saturated rings. The molecule has 0 saturated heterocycles. The first kappa shape index (κ1) is 12.0. The number of hydrogen-bond acceptors (Lipinski definition) is 3. The molecule has 21 heavy (non-hydrogen) atoms. The largest absolute Gasteiger partial charge is 0.453 e. The number of para-hydroxylation sites is 3. The van der Waals surface area contributed by atoms with Crippen molar-refractivity contribution in [2.75, 3.05) is 11.9 Å². The number of aromatic nitrogens is 1. The van der Waals surface area contributed by atoms with Gasteiger partial charge in [0.2, 0.25) is 0 Å². The molecular weight excluding hydrogens is 260 g/mol. The summed E-state index contributed by atoms with van der Waals surface area (Å²) in [5.41, 5.74) is 4.14. The molecule has 3 aromatic rings. The number of ether oxygens (including phenoxy) is 1. The van der Waals surface area contributed by atoms with Crippen molar-refractivity contribution in [2.45, 2.75) is 0 Å². The molecule has 102 valence electrons. The average molecular weight is 274 g/mol. The number of hydrogen-bond donors (Lipinski definition) is 0. The van der Waals surface area contributed by atoms with E-state index >= 15 is 0 Å². The van der Waals surface area contributed by atoms with Crippen LogP contribution in [0.3, 0.4) is 0 Å². The first-order valence-electron chi connectivity index (χ1n) is 6.89. The van der Waals surface area contributed by atoms with Gasteiger partial charge in [0.25, 0.3) is 0 Å². The van der Waals surface area contributed by atoms with Crippen molar-refractivity contribution in [3.8, 4) is 22.8 Å². The molecule has 0 aliphatic carbocycles. The first-order chi connectivity index (χ1) is 10.3. The van der Waals surface area contributed by atoms with Crippen molar-refractivity contribution >= 4 is 11.4 Å². The maximum absolute atomic E-state index is 6.04. The molecule has 0 radical (unpaired) electrons. The Morgan fingerprint density at radius 2 is 1.67 bits per heavy atom. The van der Waals surface area contributed by atoms with E-state index in [-0.39, 0.29) is 0 Å². The Bertz CT molecular complexity index is 799. The second kappa shape index (κ2) is 4.63. The lowest BCUT2D eigenvalue weighted by atomic mass is 10.0. The molecule has 0 N–H and O–H groups in total. The van der Waals surface area contributed by atoms with E-state index in [0.29, 0.717) is 0 Å². The van der Waals surface area contributed by atoms with Crippen molar-refractivity contribution in [1.29, 1.82) is 0 Å². The molecule has 4 rings (SSSR count). The van der Waals surface area contributed by atoms with Crippen LogP contribution in [0, 0.1) is 0 Å². The van der Waals surface area contributed by atoms with E-state index in [4.69, 9.17) is 4.74 Å². The van der Waals surface area contributed by atoms with E-state index in [1.54, 1.807) is 0 Å². The van der Waals surface area contributed by atoms with Crippen LogP contribution >= 0.6 is 0 Å². The quantitative estimate of drug-likeness (QED) is 0.647. The third-order valence-corrected chi connectivity index (χ3v) is 3.72. The smallest absolute Gasteiger partial charge is 0.151 e. The van der Waals surface area contributed by atoms with Gasteiger partial charge in [-0.25, -0.2) is 0 Å². The fourth-order valence-electron chi connectivity index (χ4n) is 2.74. The highest BCUT2D eigenvalue weighted by atomic mass is 16.5. The van der Waals surface area contributed by atoms with Crippen LogP contribution in [0.25, 0.3) is 11.3 Å². The molecule has 3 heteroatoms. The van der Waals surface area contributed by atoms with Gasteiger partial charge in [0.05, 0.1) is 17.1 Å². The Balaban J connectivity index is 1.93. The highest BCUT2D eigenvalue weighted by Gasteiger charge is 2.24. The highest BCUT2D eigenvalue weighted by molar-refractivity contribution is 5.88. The highest BCUT2D eigenvalue weighted by Crippen LogP contribution is 2.49. The lowest BCUT2D eigenvalue weighted by Crippen LogP contribution is -2.16. The third-order valence-electron chi connectivity index (χ3n) is 3.72. The molecule has 0 atom stereocenters. The topological polar surface area (TPSA) is 25.4 Å². The number of benzene rings is 2. The Morgan fingerprint density at radius 3 is 2.52 bits per heavy atom. The van der Waals surface area contributed by atoms with Crippen LogP contribution in [-0.2, 0) is 0 Å². The molecule has 2 aromatic carbocycles. The van der Waals surface area contributed by atoms with E-state index < -0.39 is 0 Å². The minimum absolute atomic E-state index is 0.861. The van der Waals surface area contributed by atoms with Crippen molar-refractivity contribution < 1.29 is 4.74 Å². The van der Waals surface area contributed by atoms with E-state index in [9.17, 15) is 0 Å². The van der Waals surface area contributed by atoms with Crippen LogP contribution in [0.5, 0.6) is 11.5 Å². The van der Waals surface area contributed by atoms with E-state index in [1.165, 1.54) is 0 Å². The molecule has 3 nitrogen and oxygen atoms in total. The summed E-state index contributed by atoms with van der Waals surface area (Å²) in [6, 6.07) is 20.1. The number of rotatable bonds is 1. The Morgan fingerprint density at radius 1 is 0.857 bits per heavy atom. The summed E-state index contributed by atoms with van der Waals surface area (Å²) in [6.07, 6.45) is 1.81. The Hall–Kier alpha value is -2.81. The zero-order chi connectivity index (χ0) is 14.2. The van der Waals surface area contributed by atoms with Crippen LogP contribution in [0.15, 0.2) is 66.9 Å². The number of anilines is 2. The molecule has 1 aromatic heterocycles. The second-order valence-corrected chi connectivity index (χ2v) is 5.00. The van der Waals surface area contributed by atoms with E-state index in [0.717, 1.165) is 34.1 Å². The number of nitrogens with zero attached hydrogens (tertiary/aromatic N) is 2. The van der Waals surface area contributed by atoms with Gasteiger partial charge in [-0.3, -0.25) is 4.98 Å². The molecule has 2 heterocycles. The summed E-state index contributed by atoms with van der Waals surface area (Å²) < 4.78 is 6.04. The van der Waals surface area contributed by atoms with Crippen LogP contribution in [-0.4, -0.2) is 12.0 Å². The molecule has 0 saturated carbocycles. The van der Waals surface area contributed by atoms with Crippen molar-refractivity contribution in [3.63, 3.8) is 0 Å². The van der Waals surface area contributed by atoms with Gasteiger partial charge in [0.15, 0.2) is 11.5 Å². The zero-order valence-electron chi connectivity index (χ0n) is 11.7. The van der Waals surface area contributed by atoms with Gasteiger partial charge in [-0.15, -0.1) is 0 Å². The van der Waals surface area contributed by atoms with Crippen molar-refractivity contribution in [2.24, 2.45) is 0 Å². The fourth-order valence-corrected chi connectivity index (χ4v) is 2.74. The number of fused-ring (bicyclic) bond motifs is 2. The van der Waals surface area contributed by atoms with Crippen molar-refractivity contribution in [1.82, 2.24) is 4.98 Å². The summed E-state index contributed by atoms with van der Waals surface area (Å²) in [5, 5.41) is 0. The predicted molar refractivity (Wildman–Crippen MR) is 84.3 cm³/mol. The summed E-state index contributed by atoms with van der Waals surface area (Å²) >= 11 is 0. The zero-order valence-corrected chi connectivity index (χ0v) is 11.7. The third kappa shape index (κ3) is 1.86. The fraction of sp³-hybridized carbons (Fsp3) is 0.0556. The average Bonchev–Trinajstić information content (AvgIpc) is 2.55. The molecular formula is C18H14N2O. The standard InChI is InChI=1S/C18H14N2O/c1-20-15-9-2-3-10-16(15)21-17-11-6-7-13(18(17)20)14-8-4-5-12-19-14/h2-12H,1H3. The SMILES string of the molecule is CN1c2ccccc2Oc2cccc(-c3ccccn3)c21. The van der Waals surface area contributed by atoms with Gasteiger partial charge >= 0.3 is 0 Å². The first-order valence-corrected chi connectivity index (χ1v) is 6.89. The van der Waals surface area contributed by atoms with E-state index in [2.05, 4.69) is 29.1 Å². The molecule has 0 unspecified atom stereocenters. The second-order valence-electron chi connectivity index (χ2n) is 5.00. The molecule has 0 amide bonds. The van der Waals surface area contributed by atoms with Crippen LogP contribution in [0.2, 0.25) is 0 Å². The maximum Gasteiger partial charge on any atom is 0.151 e. The predicted octanol–water partition coefficient (Wildman–Crippen LogP) is 4.62. The minimum Gasteiger partial charge on any atom is -0.453 e. The lowest BCUT2D eigenvalue weighted by molar-refractivity contribution is 0.476. The molecule has 0 bridgehead atoms. The Labute approximate surface area is 123 Å². The van der Waals surface area contributed by atoms with Gasteiger partial charge in [0, 0.05) is 18.8 Å². The van der Waals surface area contributed by atoms with E-state index in [1.807, 2.05) is 54.7 Å². The van der Waals surface area contributed by atoms with Crippen molar-refractivity contribution in [3.05, 3.63) is 66.9 Å². The summed E-state index contributed by atoms with van der Waals surface area (Å²) in [6.45, 7) is 0. The monoisotopic (exact) mass is 274 g/mol. The summed E-state index contributed by atoms with van der Waals surface area (Å²) in [4.78, 5) is 6.63. The number of pyridine rings is 1. The van der Waals surface area contributed by atoms with Gasteiger partial charge in [-0.05, 0) is 30.3 Å². The lowest BCUT2D eigenvalue weighted by Gasteiger charge is -2.31. The molecule has 1 aliphatic heterocycles. The molecule has 0 spiro atoms. The minimum atomic E-state index is 0.861. The molecule has 1 aliphatic rings. The van der Waals surface area contributed by atoms with Gasteiger partial charge in [-0.2, -0.15) is 0 Å².